The number of fused-ring (bicyclic) bond motifs is 1. The van der Waals surface area contributed by atoms with Gasteiger partial charge in [0.15, 0.2) is 5.16 Å². The Balaban J connectivity index is 1.81. The summed E-state index contributed by atoms with van der Waals surface area (Å²) in [6.07, 6.45) is 0. The van der Waals surface area contributed by atoms with Gasteiger partial charge in [0.1, 0.15) is 5.82 Å². The number of aromatic nitrogens is 2. The Morgan fingerprint density at radius 3 is 2.71 bits per heavy atom. The maximum atomic E-state index is 13.4. The Hall–Kier alpha value is -2.67. The number of carbonyl (C=O) groups is 1. The second-order valence-electron chi connectivity index (χ2n) is 6.55. The molecule has 146 valence electrons. The van der Waals surface area contributed by atoms with Gasteiger partial charge in [-0.25, -0.2) is 9.37 Å². The molecule has 2 aromatic carbocycles. The number of benzene rings is 2. The van der Waals surface area contributed by atoms with Gasteiger partial charge >= 0.3 is 0 Å². The van der Waals surface area contributed by atoms with E-state index in [-0.39, 0.29) is 17.3 Å². The molecule has 0 aliphatic heterocycles. The summed E-state index contributed by atoms with van der Waals surface area (Å²) in [5.74, 6) is -0.438. The van der Waals surface area contributed by atoms with Gasteiger partial charge in [0.05, 0.1) is 16.2 Å². The number of para-hydroxylation sites is 1. The van der Waals surface area contributed by atoms with Crippen LogP contribution >= 0.6 is 11.8 Å². The number of thioether (sulfide) groups is 1. The predicted octanol–water partition coefficient (Wildman–Crippen LogP) is 3.69. The molecule has 0 spiro atoms. The molecular weight excluding hydrogens is 377 g/mol. The first-order valence-corrected chi connectivity index (χ1v) is 9.94. The van der Waals surface area contributed by atoms with Crippen LogP contribution in [0.1, 0.15) is 19.4 Å². The molecule has 0 fully saturated rings. The molecule has 1 aromatic heterocycles. The maximum absolute atomic E-state index is 13.4. The van der Waals surface area contributed by atoms with Gasteiger partial charge in [-0.2, -0.15) is 0 Å². The topological polar surface area (TPSA) is 55.2 Å². The van der Waals surface area contributed by atoms with Crippen molar-refractivity contribution in [2.75, 3.05) is 7.05 Å². The van der Waals surface area contributed by atoms with Gasteiger partial charge in [0.25, 0.3) is 5.56 Å². The smallest absolute Gasteiger partial charge is 0.262 e. The van der Waals surface area contributed by atoms with Gasteiger partial charge in [-0.05, 0) is 43.7 Å². The van der Waals surface area contributed by atoms with Crippen molar-refractivity contribution in [1.82, 2.24) is 14.5 Å². The van der Waals surface area contributed by atoms with Gasteiger partial charge < -0.3 is 4.90 Å². The minimum Gasteiger partial charge on any atom is -0.340 e. The van der Waals surface area contributed by atoms with E-state index in [2.05, 4.69) is 4.98 Å². The lowest BCUT2D eigenvalue weighted by Gasteiger charge is -2.22. The van der Waals surface area contributed by atoms with E-state index < -0.39 is 5.25 Å². The summed E-state index contributed by atoms with van der Waals surface area (Å²) in [5, 5.41) is 0.645. The van der Waals surface area contributed by atoms with E-state index in [0.717, 1.165) is 5.56 Å². The van der Waals surface area contributed by atoms with Crippen LogP contribution < -0.4 is 5.56 Å². The highest BCUT2D eigenvalue weighted by molar-refractivity contribution is 8.00. The molecule has 7 heteroatoms. The van der Waals surface area contributed by atoms with Crippen LogP contribution in [0.4, 0.5) is 4.39 Å². The summed E-state index contributed by atoms with van der Waals surface area (Å²) < 4.78 is 15.0. The molecule has 0 aliphatic carbocycles. The third-order valence-corrected chi connectivity index (χ3v) is 5.54. The molecule has 0 radical (unpaired) electrons. The molecule has 1 atom stereocenters. The molecule has 0 N–H and O–H groups in total. The third kappa shape index (κ3) is 4.25. The van der Waals surface area contributed by atoms with E-state index in [1.54, 1.807) is 47.7 Å². The van der Waals surface area contributed by atoms with Gasteiger partial charge in [-0.1, -0.05) is 36.0 Å². The first kappa shape index (κ1) is 20.1. The first-order valence-electron chi connectivity index (χ1n) is 9.06. The Morgan fingerprint density at radius 2 is 2.00 bits per heavy atom. The summed E-state index contributed by atoms with van der Waals surface area (Å²) >= 11 is 1.26. The van der Waals surface area contributed by atoms with E-state index in [1.165, 1.54) is 23.9 Å². The molecule has 28 heavy (non-hydrogen) atoms. The van der Waals surface area contributed by atoms with Crippen LogP contribution in [0.15, 0.2) is 58.5 Å². The van der Waals surface area contributed by atoms with Crippen LogP contribution in [0.3, 0.4) is 0 Å². The van der Waals surface area contributed by atoms with E-state index in [0.29, 0.717) is 29.1 Å². The highest BCUT2D eigenvalue weighted by Crippen LogP contribution is 2.24. The summed E-state index contributed by atoms with van der Waals surface area (Å²) in [7, 11) is 1.69. The highest BCUT2D eigenvalue weighted by atomic mass is 32.2. The van der Waals surface area contributed by atoms with Gasteiger partial charge in [0.2, 0.25) is 5.91 Å². The SMILES string of the molecule is CCn1c(SC(C)C(=O)N(C)Cc2cccc(F)c2)nc2ccccc2c1=O. The Labute approximate surface area is 167 Å². The Morgan fingerprint density at radius 1 is 1.25 bits per heavy atom. The van der Waals surface area contributed by atoms with Gasteiger partial charge in [-0.15, -0.1) is 0 Å². The minimum atomic E-state index is -0.440. The number of hydrogen-bond acceptors (Lipinski definition) is 4. The van der Waals surface area contributed by atoms with Crippen LogP contribution in [0.2, 0.25) is 0 Å². The average molecular weight is 399 g/mol. The summed E-state index contributed by atoms with van der Waals surface area (Å²) in [6, 6.07) is 13.4. The van der Waals surface area contributed by atoms with Crippen molar-refractivity contribution in [2.45, 2.75) is 37.3 Å². The largest absolute Gasteiger partial charge is 0.340 e. The monoisotopic (exact) mass is 399 g/mol. The standard InChI is InChI=1S/C21H22FN3O2S/c1-4-25-20(27)17-10-5-6-11-18(17)23-21(25)28-14(2)19(26)24(3)13-15-8-7-9-16(22)12-15/h5-12,14H,4,13H2,1-3H3. The van der Waals surface area contributed by atoms with E-state index in [1.807, 2.05) is 19.1 Å². The van der Waals surface area contributed by atoms with Crippen LogP contribution in [0.5, 0.6) is 0 Å². The molecule has 3 rings (SSSR count). The lowest BCUT2D eigenvalue weighted by Crippen LogP contribution is -2.33. The number of carbonyl (C=O) groups excluding carboxylic acids is 1. The van der Waals surface area contributed by atoms with Crippen LogP contribution in [-0.4, -0.2) is 32.7 Å². The van der Waals surface area contributed by atoms with Crippen molar-refractivity contribution in [2.24, 2.45) is 0 Å². The zero-order valence-corrected chi connectivity index (χ0v) is 16.9. The number of amides is 1. The third-order valence-electron chi connectivity index (χ3n) is 4.46. The molecule has 0 saturated carbocycles. The van der Waals surface area contributed by atoms with Crippen molar-refractivity contribution in [3.63, 3.8) is 0 Å². The minimum absolute atomic E-state index is 0.108. The average Bonchev–Trinajstić information content (AvgIpc) is 2.67. The van der Waals surface area contributed by atoms with Crippen molar-refractivity contribution >= 4 is 28.6 Å². The predicted molar refractivity (Wildman–Crippen MR) is 110 cm³/mol. The van der Waals surface area contributed by atoms with Crippen molar-refractivity contribution < 1.29 is 9.18 Å². The normalized spacial score (nSPS) is 12.1. The maximum Gasteiger partial charge on any atom is 0.262 e. The summed E-state index contributed by atoms with van der Waals surface area (Å²) in [5.41, 5.74) is 1.23. The van der Waals surface area contributed by atoms with E-state index in [9.17, 15) is 14.0 Å². The lowest BCUT2D eigenvalue weighted by molar-refractivity contribution is -0.129. The number of hydrogen-bond donors (Lipinski definition) is 0. The quantitative estimate of drug-likeness (QED) is 0.469. The Kier molecular flexibility index (Phi) is 6.14. The fourth-order valence-corrected chi connectivity index (χ4v) is 4.11. The van der Waals surface area contributed by atoms with E-state index >= 15 is 0 Å². The first-order chi connectivity index (χ1) is 13.4. The second-order valence-corrected chi connectivity index (χ2v) is 7.85. The van der Waals surface area contributed by atoms with Crippen LogP contribution in [-0.2, 0) is 17.9 Å². The van der Waals surface area contributed by atoms with E-state index in [4.69, 9.17) is 0 Å². The number of halogens is 1. The number of rotatable bonds is 6. The molecule has 0 aliphatic rings. The fourth-order valence-electron chi connectivity index (χ4n) is 3.02. The van der Waals surface area contributed by atoms with Gasteiger partial charge in [-0.3, -0.25) is 14.2 Å². The van der Waals surface area contributed by atoms with Crippen molar-refractivity contribution in [3.05, 3.63) is 70.3 Å². The van der Waals surface area contributed by atoms with Crippen LogP contribution in [0.25, 0.3) is 10.9 Å². The number of nitrogens with zero attached hydrogens (tertiary/aromatic N) is 3. The fraction of sp³-hybridized carbons (Fsp3) is 0.286. The molecule has 0 bridgehead atoms. The molecule has 1 heterocycles. The van der Waals surface area contributed by atoms with Crippen LogP contribution in [0, 0.1) is 5.82 Å². The zero-order valence-electron chi connectivity index (χ0n) is 16.1. The molecular formula is C21H22FN3O2S. The van der Waals surface area contributed by atoms with Crippen molar-refractivity contribution in [3.8, 4) is 0 Å². The molecule has 5 nitrogen and oxygen atoms in total. The summed E-state index contributed by atoms with van der Waals surface area (Å²) in [6.45, 7) is 4.45. The molecule has 1 amide bonds. The lowest BCUT2D eigenvalue weighted by atomic mass is 10.2. The zero-order chi connectivity index (χ0) is 20.3. The van der Waals surface area contributed by atoms with Gasteiger partial charge in [0, 0.05) is 20.1 Å². The summed E-state index contributed by atoms with van der Waals surface area (Å²) in [4.78, 5) is 31.6. The molecule has 0 saturated heterocycles. The molecule has 3 aromatic rings. The highest BCUT2D eigenvalue weighted by Gasteiger charge is 2.22. The Bertz CT molecular complexity index is 1070. The van der Waals surface area contributed by atoms with Crippen molar-refractivity contribution in [1.29, 1.82) is 0 Å². The second kappa shape index (κ2) is 8.56. The molecule has 1 unspecified atom stereocenters.